The number of fused-ring (bicyclic) bond motifs is 1. The first-order chi connectivity index (χ1) is 13.4. The highest BCUT2D eigenvalue weighted by Gasteiger charge is 2.30. The Morgan fingerprint density at radius 2 is 1.79 bits per heavy atom. The molecule has 1 saturated carbocycles. The number of thiazole rings is 1. The molecule has 1 fully saturated rings. The lowest BCUT2D eigenvalue weighted by molar-refractivity contribution is -0.137. The van der Waals surface area contributed by atoms with Crippen molar-refractivity contribution in [3.8, 4) is 11.3 Å². The second-order valence-electron chi connectivity index (χ2n) is 7.10. The van der Waals surface area contributed by atoms with Gasteiger partial charge in [0, 0.05) is 23.2 Å². The number of hydrogen-bond acceptors (Lipinski definition) is 3. The van der Waals surface area contributed by atoms with Crippen LogP contribution in [0.3, 0.4) is 0 Å². The van der Waals surface area contributed by atoms with Gasteiger partial charge in [-0.2, -0.15) is 13.2 Å². The third-order valence-electron chi connectivity index (χ3n) is 5.15. The number of halogens is 3. The number of rotatable bonds is 3. The first-order valence-electron chi connectivity index (χ1n) is 9.37. The number of alkyl halides is 3. The van der Waals surface area contributed by atoms with Crippen LogP contribution < -0.4 is 5.32 Å². The fourth-order valence-corrected chi connectivity index (χ4v) is 4.43. The van der Waals surface area contributed by atoms with Gasteiger partial charge in [-0.05, 0) is 25.0 Å². The van der Waals surface area contributed by atoms with Gasteiger partial charge in [-0.25, -0.2) is 4.98 Å². The van der Waals surface area contributed by atoms with Crippen LogP contribution in [-0.2, 0) is 6.18 Å². The largest absolute Gasteiger partial charge is 0.416 e. The standard InChI is InChI=1S/C20H20F3N3OS/c21-20(22,23)14-9-7-13(8-10-14)17-16(25-19-26(17)11-12-28-19)18(27)24-15-5-3-1-2-4-6-15/h7-12,15H,1-6H2,(H,24,27). The average Bonchev–Trinajstić information content (AvgIpc) is 3.15. The lowest BCUT2D eigenvalue weighted by Crippen LogP contribution is -2.34. The average molecular weight is 407 g/mol. The monoisotopic (exact) mass is 407 g/mol. The number of amides is 1. The summed E-state index contributed by atoms with van der Waals surface area (Å²) < 4.78 is 40.4. The topological polar surface area (TPSA) is 46.4 Å². The minimum absolute atomic E-state index is 0.121. The van der Waals surface area contributed by atoms with Crippen molar-refractivity contribution in [3.63, 3.8) is 0 Å². The molecular formula is C20H20F3N3OS. The van der Waals surface area contributed by atoms with Crippen LogP contribution in [0, 0.1) is 0 Å². The molecule has 28 heavy (non-hydrogen) atoms. The molecule has 4 nitrogen and oxygen atoms in total. The van der Waals surface area contributed by atoms with E-state index < -0.39 is 11.7 Å². The summed E-state index contributed by atoms with van der Waals surface area (Å²) in [4.78, 5) is 18.0. The SMILES string of the molecule is O=C(NC1CCCCCC1)c1nc2sccn2c1-c1ccc(C(F)(F)F)cc1. The van der Waals surface area contributed by atoms with E-state index >= 15 is 0 Å². The first kappa shape index (κ1) is 19.0. The minimum atomic E-state index is -4.40. The molecule has 148 valence electrons. The number of carbonyl (C=O) groups excluding carboxylic acids is 1. The number of nitrogens with zero attached hydrogens (tertiary/aromatic N) is 2. The van der Waals surface area contributed by atoms with Gasteiger partial charge in [-0.15, -0.1) is 11.3 Å². The molecule has 1 aromatic carbocycles. The fourth-order valence-electron chi connectivity index (χ4n) is 3.71. The smallest absolute Gasteiger partial charge is 0.348 e. The molecule has 2 heterocycles. The van der Waals surface area contributed by atoms with Crippen LogP contribution in [0.4, 0.5) is 13.2 Å². The molecule has 2 aromatic heterocycles. The second-order valence-corrected chi connectivity index (χ2v) is 7.97. The number of benzene rings is 1. The molecule has 4 rings (SSSR count). The lowest BCUT2D eigenvalue weighted by atomic mass is 10.1. The van der Waals surface area contributed by atoms with Gasteiger partial charge in [0.25, 0.3) is 5.91 Å². The highest BCUT2D eigenvalue weighted by atomic mass is 32.1. The van der Waals surface area contributed by atoms with Gasteiger partial charge in [0.2, 0.25) is 0 Å². The number of aromatic nitrogens is 2. The van der Waals surface area contributed by atoms with Crippen molar-refractivity contribution in [1.29, 1.82) is 0 Å². The van der Waals surface area contributed by atoms with Gasteiger partial charge in [0.15, 0.2) is 10.7 Å². The van der Waals surface area contributed by atoms with Crippen LogP contribution in [0.5, 0.6) is 0 Å². The van der Waals surface area contributed by atoms with Crippen LogP contribution in [0.15, 0.2) is 35.8 Å². The number of imidazole rings is 1. The molecule has 0 atom stereocenters. The molecule has 0 radical (unpaired) electrons. The van der Waals surface area contributed by atoms with Gasteiger partial charge in [-0.1, -0.05) is 37.8 Å². The lowest BCUT2D eigenvalue weighted by Gasteiger charge is -2.16. The van der Waals surface area contributed by atoms with Crippen LogP contribution in [0.1, 0.15) is 54.6 Å². The van der Waals surface area contributed by atoms with Crippen molar-refractivity contribution < 1.29 is 18.0 Å². The van der Waals surface area contributed by atoms with E-state index in [2.05, 4.69) is 10.3 Å². The highest BCUT2D eigenvalue weighted by Crippen LogP contribution is 2.33. The molecular weight excluding hydrogens is 387 g/mol. The number of hydrogen-bond donors (Lipinski definition) is 1. The van der Waals surface area contributed by atoms with E-state index in [0.29, 0.717) is 16.2 Å². The van der Waals surface area contributed by atoms with Crippen molar-refractivity contribution in [1.82, 2.24) is 14.7 Å². The van der Waals surface area contributed by atoms with E-state index in [4.69, 9.17) is 0 Å². The predicted molar refractivity (Wildman–Crippen MR) is 102 cm³/mol. The maximum absolute atomic E-state index is 13.0. The van der Waals surface area contributed by atoms with E-state index in [-0.39, 0.29) is 17.6 Å². The van der Waals surface area contributed by atoms with Crippen molar-refractivity contribution in [3.05, 3.63) is 47.1 Å². The van der Waals surface area contributed by atoms with Crippen molar-refractivity contribution in [2.75, 3.05) is 0 Å². The first-order valence-corrected chi connectivity index (χ1v) is 10.3. The molecule has 3 aromatic rings. The molecule has 1 amide bonds. The summed E-state index contributed by atoms with van der Waals surface area (Å²) in [5, 5.41) is 4.92. The Morgan fingerprint density at radius 3 is 2.43 bits per heavy atom. The van der Waals surface area contributed by atoms with Crippen molar-refractivity contribution >= 4 is 22.2 Å². The molecule has 0 aliphatic heterocycles. The minimum Gasteiger partial charge on any atom is -0.348 e. The van der Waals surface area contributed by atoms with Crippen LogP contribution in [-0.4, -0.2) is 21.3 Å². The molecule has 1 N–H and O–H groups in total. The fraction of sp³-hybridized carbons (Fsp3) is 0.400. The van der Waals surface area contributed by atoms with Gasteiger partial charge < -0.3 is 5.32 Å². The zero-order valence-corrected chi connectivity index (χ0v) is 15.9. The highest BCUT2D eigenvalue weighted by molar-refractivity contribution is 7.15. The zero-order chi connectivity index (χ0) is 19.7. The predicted octanol–water partition coefficient (Wildman–Crippen LogP) is 5.53. The second kappa shape index (κ2) is 7.58. The Morgan fingerprint density at radius 1 is 1.11 bits per heavy atom. The quantitative estimate of drug-likeness (QED) is 0.580. The summed E-state index contributed by atoms with van der Waals surface area (Å²) in [6, 6.07) is 4.98. The maximum Gasteiger partial charge on any atom is 0.416 e. The zero-order valence-electron chi connectivity index (χ0n) is 15.1. The van der Waals surface area contributed by atoms with Gasteiger partial charge in [-0.3, -0.25) is 9.20 Å². The summed E-state index contributed by atoms with van der Waals surface area (Å²) in [6.45, 7) is 0. The Kier molecular flexibility index (Phi) is 5.14. The molecule has 0 spiro atoms. The van der Waals surface area contributed by atoms with E-state index in [1.54, 1.807) is 10.6 Å². The van der Waals surface area contributed by atoms with Gasteiger partial charge in [0.1, 0.15) is 0 Å². The summed E-state index contributed by atoms with van der Waals surface area (Å²) in [6.07, 6.45) is 3.83. The van der Waals surface area contributed by atoms with Crippen LogP contribution in [0.25, 0.3) is 16.2 Å². The molecule has 0 unspecified atom stereocenters. The molecule has 0 bridgehead atoms. The van der Waals surface area contributed by atoms with E-state index in [1.165, 1.54) is 36.3 Å². The molecule has 1 aliphatic rings. The molecule has 8 heteroatoms. The van der Waals surface area contributed by atoms with E-state index in [9.17, 15) is 18.0 Å². The third-order valence-corrected chi connectivity index (χ3v) is 5.91. The number of nitrogens with one attached hydrogen (secondary N) is 1. The van der Waals surface area contributed by atoms with Crippen LogP contribution in [0.2, 0.25) is 0 Å². The van der Waals surface area contributed by atoms with Crippen LogP contribution >= 0.6 is 11.3 Å². The van der Waals surface area contributed by atoms with E-state index in [0.717, 1.165) is 37.8 Å². The summed E-state index contributed by atoms with van der Waals surface area (Å²) in [5.41, 5.74) is 0.601. The number of carbonyl (C=O) groups is 1. The summed E-state index contributed by atoms with van der Waals surface area (Å²) in [5.74, 6) is -0.266. The Bertz CT molecular complexity index is 967. The summed E-state index contributed by atoms with van der Waals surface area (Å²) in [7, 11) is 0. The molecule has 1 aliphatic carbocycles. The van der Waals surface area contributed by atoms with Gasteiger partial charge in [0.05, 0.1) is 11.3 Å². The molecule has 0 saturated heterocycles. The normalized spacial score (nSPS) is 16.2. The van der Waals surface area contributed by atoms with Gasteiger partial charge >= 0.3 is 6.18 Å². The van der Waals surface area contributed by atoms with E-state index in [1.807, 2.05) is 5.38 Å². The summed E-state index contributed by atoms with van der Waals surface area (Å²) >= 11 is 1.38. The third kappa shape index (κ3) is 3.78. The maximum atomic E-state index is 13.0. The Balaban J connectivity index is 1.68. The van der Waals surface area contributed by atoms with Crippen molar-refractivity contribution in [2.24, 2.45) is 0 Å². The Hall–Kier alpha value is -2.35. The Labute approximate surface area is 164 Å². The van der Waals surface area contributed by atoms with Crippen molar-refractivity contribution in [2.45, 2.75) is 50.7 Å².